The van der Waals surface area contributed by atoms with Gasteiger partial charge in [0.1, 0.15) is 11.7 Å². The first-order valence-corrected chi connectivity index (χ1v) is 8.86. The number of carboxylic acid groups (broad SMARTS) is 1. The molecule has 0 aliphatic heterocycles. The van der Waals surface area contributed by atoms with Gasteiger partial charge in [0.25, 0.3) is 0 Å². The minimum atomic E-state index is -1.07. The van der Waals surface area contributed by atoms with Crippen LogP contribution in [0.1, 0.15) is 39.2 Å². The van der Waals surface area contributed by atoms with E-state index < -0.39 is 12.0 Å². The van der Waals surface area contributed by atoms with Crippen LogP contribution in [0, 0.1) is 0 Å². The topological polar surface area (TPSA) is 124 Å². The Hall–Kier alpha value is -2.75. The zero-order valence-corrected chi connectivity index (χ0v) is 15.8. The van der Waals surface area contributed by atoms with Crippen molar-refractivity contribution in [2.45, 2.75) is 51.7 Å². The van der Waals surface area contributed by atoms with Crippen molar-refractivity contribution in [3.63, 3.8) is 0 Å². The number of hydrogen-bond donors (Lipinski definition) is 2. The van der Waals surface area contributed by atoms with E-state index in [4.69, 9.17) is 9.84 Å². The number of aryl methyl sites for hydroxylation is 1. The standard InChI is InChI=1S/C17H26N6O4/c1-12(2)23-10-13(9-18-23)15-11-22(21-20-15)7-4-5-16(24)19-14(17(25)26)6-8-27-3/h9-12,14H,4-8H2,1-3H3,(H,19,24)(H,25,26). The molecule has 148 valence electrons. The molecule has 0 aliphatic carbocycles. The maximum Gasteiger partial charge on any atom is 0.326 e. The van der Waals surface area contributed by atoms with Gasteiger partial charge in [0.05, 0.1) is 12.4 Å². The third kappa shape index (κ3) is 6.17. The lowest BCUT2D eigenvalue weighted by Gasteiger charge is -2.13. The lowest BCUT2D eigenvalue weighted by molar-refractivity contribution is -0.142. The Kier molecular flexibility index (Phi) is 7.47. The number of amides is 1. The molecule has 0 fully saturated rings. The van der Waals surface area contributed by atoms with E-state index in [-0.39, 0.29) is 31.4 Å². The Labute approximate surface area is 157 Å². The quantitative estimate of drug-likeness (QED) is 0.600. The molecule has 10 heteroatoms. The maximum atomic E-state index is 11.9. The molecular formula is C17H26N6O4. The predicted molar refractivity (Wildman–Crippen MR) is 96.9 cm³/mol. The average Bonchev–Trinajstić information content (AvgIpc) is 3.27. The lowest BCUT2D eigenvalue weighted by Crippen LogP contribution is -2.41. The average molecular weight is 378 g/mol. The number of nitrogens with zero attached hydrogens (tertiary/aromatic N) is 5. The normalized spacial score (nSPS) is 12.3. The molecule has 27 heavy (non-hydrogen) atoms. The van der Waals surface area contributed by atoms with E-state index in [0.717, 1.165) is 11.3 Å². The van der Waals surface area contributed by atoms with E-state index in [0.29, 0.717) is 13.0 Å². The first kappa shape index (κ1) is 20.6. The van der Waals surface area contributed by atoms with E-state index in [9.17, 15) is 9.59 Å². The number of ether oxygens (including phenoxy) is 1. The van der Waals surface area contributed by atoms with Crippen LogP contribution in [-0.4, -0.2) is 61.5 Å². The van der Waals surface area contributed by atoms with Gasteiger partial charge in [0, 0.05) is 50.9 Å². The van der Waals surface area contributed by atoms with Gasteiger partial charge in [-0.3, -0.25) is 14.2 Å². The molecule has 2 aromatic heterocycles. The number of carbonyl (C=O) groups is 2. The number of aromatic nitrogens is 5. The number of hydrogen-bond acceptors (Lipinski definition) is 6. The summed E-state index contributed by atoms with van der Waals surface area (Å²) < 4.78 is 8.37. The third-order valence-corrected chi connectivity index (χ3v) is 4.00. The lowest BCUT2D eigenvalue weighted by atomic mass is 10.2. The minimum absolute atomic E-state index is 0.206. The summed E-state index contributed by atoms with van der Waals surface area (Å²) >= 11 is 0. The van der Waals surface area contributed by atoms with Crippen LogP contribution in [0.2, 0.25) is 0 Å². The van der Waals surface area contributed by atoms with Crippen molar-refractivity contribution in [3.05, 3.63) is 18.6 Å². The second-order valence-corrected chi connectivity index (χ2v) is 6.51. The van der Waals surface area contributed by atoms with Gasteiger partial charge in [0.2, 0.25) is 5.91 Å². The van der Waals surface area contributed by atoms with Crippen LogP contribution in [0.5, 0.6) is 0 Å². The highest BCUT2D eigenvalue weighted by molar-refractivity contribution is 5.83. The van der Waals surface area contributed by atoms with Crippen LogP contribution in [0.4, 0.5) is 0 Å². The molecule has 1 atom stereocenters. The molecule has 2 aromatic rings. The second kappa shape index (κ2) is 9.81. The van der Waals surface area contributed by atoms with Crippen molar-refractivity contribution in [1.29, 1.82) is 0 Å². The highest BCUT2D eigenvalue weighted by Crippen LogP contribution is 2.17. The Morgan fingerprint density at radius 1 is 1.33 bits per heavy atom. The maximum absolute atomic E-state index is 11.9. The van der Waals surface area contributed by atoms with Crippen LogP contribution in [-0.2, 0) is 20.9 Å². The summed E-state index contributed by atoms with van der Waals surface area (Å²) in [6, 6.07) is -0.668. The smallest absolute Gasteiger partial charge is 0.326 e. The van der Waals surface area contributed by atoms with E-state index >= 15 is 0 Å². The molecule has 1 unspecified atom stereocenters. The van der Waals surface area contributed by atoms with Crippen molar-refractivity contribution in [3.8, 4) is 11.3 Å². The summed E-state index contributed by atoms with van der Waals surface area (Å²) in [6.45, 7) is 4.87. The van der Waals surface area contributed by atoms with E-state index in [1.807, 2.05) is 24.7 Å². The molecule has 2 N–H and O–H groups in total. The predicted octanol–water partition coefficient (Wildman–Crippen LogP) is 1.11. The summed E-state index contributed by atoms with van der Waals surface area (Å²) in [5.74, 6) is -1.37. The molecule has 0 radical (unpaired) electrons. The van der Waals surface area contributed by atoms with Crippen LogP contribution in [0.3, 0.4) is 0 Å². The van der Waals surface area contributed by atoms with Crippen molar-refractivity contribution in [1.82, 2.24) is 30.1 Å². The highest BCUT2D eigenvalue weighted by atomic mass is 16.5. The molecule has 1 amide bonds. The van der Waals surface area contributed by atoms with Crippen molar-refractivity contribution >= 4 is 11.9 Å². The molecule has 0 bridgehead atoms. The molecule has 2 heterocycles. The molecule has 0 saturated heterocycles. The van der Waals surface area contributed by atoms with Gasteiger partial charge in [-0.15, -0.1) is 5.10 Å². The number of methoxy groups -OCH3 is 1. The monoisotopic (exact) mass is 378 g/mol. The fraction of sp³-hybridized carbons (Fsp3) is 0.588. The zero-order valence-electron chi connectivity index (χ0n) is 15.8. The van der Waals surface area contributed by atoms with Crippen molar-refractivity contribution in [2.75, 3.05) is 13.7 Å². The number of rotatable bonds is 11. The number of nitrogens with one attached hydrogen (secondary N) is 1. The summed E-state index contributed by atoms with van der Waals surface area (Å²) in [4.78, 5) is 23.1. The van der Waals surface area contributed by atoms with Gasteiger partial charge in [0.15, 0.2) is 0 Å². The number of carboxylic acids is 1. The van der Waals surface area contributed by atoms with Crippen LogP contribution >= 0.6 is 0 Å². The molecular weight excluding hydrogens is 352 g/mol. The Morgan fingerprint density at radius 3 is 2.74 bits per heavy atom. The fourth-order valence-electron chi connectivity index (χ4n) is 2.45. The molecule has 0 spiro atoms. The van der Waals surface area contributed by atoms with Crippen LogP contribution in [0.15, 0.2) is 18.6 Å². The second-order valence-electron chi connectivity index (χ2n) is 6.51. The molecule has 0 saturated carbocycles. The van der Waals surface area contributed by atoms with Gasteiger partial charge >= 0.3 is 5.97 Å². The first-order chi connectivity index (χ1) is 12.9. The fourth-order valence-corrected chi connectivity index (χ4v) is 2.45. The van der Waals surface area contributed by atoms with Gasteiger partial charge in [-0.2, -0.15) is 5.10 Å². The highest BCUT2D eigenvalue weighted by Gasteiger charge is 2.19. The third-order valence-electron chi connectivity index (χ3n) is 4.00. The Balaban J connectivity index is 1.80. The largest absolute Gasteiger partial charge is 0.480 e. The van der Waals surface area contributed by atoms with Gasteiger partial charge in [-0.05, 0) is 20.3 Å². The summed E-state index contributed by atoms with van der Waals surface area (Å²) in [7, 11) is 1.49. The summed E-state index contributed by atoms with van der Waals surface area (Å²) in [5.41, 5.74) is 1.60. The first-order valence-electron chi connectivity index (χ1n) is 8.86. The minimum Gasteiger partial charge on any atom is -0.480 e. The Bertz CT molecular complexity index is 754. The molecule has 2 rings (SSSR count). The number of aliphatic carboxylic acids is 1. The van der Waals surface area contributed by atoms with Crippen molar-refractivity contribution in [2.24, 2.45) is 0 Å². The Morgan fingerprint density at radius 2 is 2.11 bits per heavy atom. The molecule has 0 aliphatic rings. The molecule has 10 nitrogen and oxygen atoms in total. The van der Waals surface area contributed by atoms with Crippen LogP contribution < -0.4 is 5.32 Å². The summed E-state index contributed by atoms with van der Waals surface area (Å²) in [5, 5.41) is 24.1. The van der Waals surface area contributed by atoms with Crippen LogP contribution in [0.25, 0.3) is 11.3 Å². The van der Waals surface area contributed by atoms with Crippen molar-refractivity contribution < 1.29 is 19.4 Å². The van der Waals surface area contributed by atoms with Gasteiger partial charge in [-0.25, -0.2) is 4.79 Å². The van der Waals surface area contributed by atoms with Gasteiger partial charge < -0.3 is 15.2 Å². The molecule has 0 aromatic carbocycles. The van der Waals surface area contributed by atoms with E-state index in [1.165, 1.54) is 7.11 Å². The van der Waals surface area contributed by atoms with E-state index in [2.05, 4.69) is 20.7 Å². The SMILES string of the molecule is COCCC(NC(=O)CCCn1cc(-c2cnn(C(C)C)c2)nn1)C(=O)O. The van der Waals surface area contributed by atoms with Gasteiger partial charge in [-0.1, -0.05) is 5.21 Å². The zero-order chi connectivity index (χ0) is 19.8. The number of carbonyl (C=O) groups excluding carboxylic acids is 1. The summed E-state index contributed by atoms with van der Waals surface area (Å²) in [6.07, 6.45) is 6.42. The van der Waals surface area contributed by atoms with E-state index in [1.54, 1.807) is 17.1 Å².